The second-order valence-corrected chi connectivity index (χ2v) is 6.32. The third-order valence-electron chi connectivity index (χ3n) is 3.98. The minimum absolute atomic E-state index is 0.0860. The van der Waals surface area contributed by atoms with Crippen molar-refractivity contribution in [3.8, 4) is 5.75 Å². The van der Waals surface area contributed by atoms with Gasteiger partial charge < -0.3 is 15.2 Å². The Hall–Kier alpha value is -2.82. The highest BCUT2D eigenvalue weighted by molar-refractivity contribution is 5.98. The lowest BCUT2D eigenvalue weighted by Crippen LogP contribution is -2.34. The number of nitrogens with one attached hydrogen (secondary N) is 1. The van der Waals surface area contributed by atoms with Gasteiger partial charge in [0.25, 0.3) is 0 Å². The van der Waals surface area contributed by atoms with Crippen LogP contribution in [0.2, 0.25) is 0 Å². The second kappa shape index (κ2) is 8.33. The summed E-state index contributed by atoms with van der Waals surface area (Å²) < 4.78 is 5.48. The minimum atomic E-state index is -0.831. The SMILES string of the molecule is CC(C)(C(=O)Nc1ccc(OCCCC(=O)O)cc1)c1ccccc1. The molecule has 2 aromatic rings. The molecule has 0 saturated carbocycles. The van der Waals surface area contributed by atoms with Gasteiger partial charge in [-0.15, -0.1) is 0 Å². The summed E-state index contributed by atoms with van der Waals surface area (Å²) in [7, 11) is 0. The molecule has 0 fully saturated rings. The van der Waals surface area contributed by atoms with E-state index in [1.165, 1.54) is 0 Å². The Bertz CT molecular complexity index is 708. The molecule has 0 aliphatic heterocycles. The van der Waals surface area contributed by atoms with E-state index in [-0.39, 0.29) is 12.3 Å². The van der Waals surface area contributed by atoms with Crippen LogP contribution in [0.1, 0.15) is 32.3 Å². The minimum Gasteiger partial charge on any atom is -0.494 e. The molecule has 0 atom stereocenters. The normalized spacial score (nSPS) is 11.0. The Balaban J connectivity index is 1.92. The van der Waals surface area contributed by atoms with Gasteiger partial charge in [-0.1, -0.05) is 30.3 Å². The maximum absolute atomic E-state index is 12.6. The number of carboxylic acids is 1. The maximum atomic E-state index is 12.6. The summed E-state index contributed by atoms with van der Waals surface area (Å²) in [6, 6.07) is 16.7. The fourth-order valence-electron chi connectivity index (χ4n) is 2.32. The van der Waals surface area contributed by atoms with Gasteiger partial charge in [0.05, 0.1) is 12.0 Å². The van der Waals surface area contributed by atoms with Crippen molar-refractivity contribution in [2.75, 3.05) is 11.9 Å². The topological polar surface area (TPSA) is 75.6 Å². The quantitative estimate of drug-likeness (QED) is 0.715. The van der Waals surface area contributed by atoms with Crippen molar-refractivity contribution < 1.29 is 19.4 Å². The summed E-state index contributed by atoms with van der Waals surface area (Å²) in [6.45, 7) is 4.12. The van der Waals surface area contributed by atoms with Gasteiger partial charge in [0, 0.05) is 12.1 Å². The molecule has 0 aromatic heterocycles. The summed E-state index contributed by atoms with van der Waals surface area (Å²) in [5.74, 6) is -0.276. The van der Waals surface area contributed by atoms with E-state index < -0.39 is 11.4 Å². The zero-order chi connectivity index (χ0) is 18.3. The summed E-state index contributed by atoms with van der Waals surface area (Å²) in [5, 5.41) is 11.5. The van der Waals surface area contributed by atoms with Gasteiger partial charge in [-0.2, -0.15) is 0 Å². The predicted molar refractivity (Wildman–Crippen MR) is 96.9 cm³/mol. The fourth-order valence-corrected chi connectivity index (χ4v) is 2.32. The molecule has 25 heavy (non-hydrogen) atoms. The molecule has 5 heteroatoms. The fraction of sp³-hybridized carbons (Fsp3) is 0.300. The molecule has 0 unspecified atom stereocenters. The largest absolute Gasteiger partial charge is 0.494 e. The van der Waals surface area contributed by atoms with Gasteiger partial charge >= 0.3 is 5.97 Å². The van der Waals surface area contributed by atoms with Gasteiger partial charge in [0.1, 0.15) is 5.75 Å². The number of anilines is 1. The number of hydrogen-bond acceptors (Lipinski definition) is 3. The number of hydrogen-bond donors (Lipinski definition) is 2. The van der Waals surface area contributed by atoms with Crippen LogP contribution in [0.15, 0.2) is 54.6 Å². The number of carbonyl (C=O) groups is 2. The molecule has 0 aliphatic carbocycles. The highest BCUT2D eigenvalue weighted by Crippen LogP contribution is 2.25. The van der Waals surface area contributed by atoms with Crippen molar-refractivity contribution in [3.05, 3.63) is 60.2 Å². The van der Waals surface area contributed by atoms with Crippen molar-refractivity contribution in [1.82, 2.24) is 0 Å². The van der Waals surface area contributed by atoms with Crippen molar-refractivity contribution in [2.45, 2.75) is 32.1 Å². The molecule has 1 amide bonds. The number of carbonyl (C=O) groups excluding carboxylic acids is 1. The van der Waals surface area contributed by atoms with E-state index in [1.807, 2.05) is 44.2 Å². The van der Waals surface area contributed by atoms with Crippen molar-refractivity contribution in [3.63, 3.8) is 0 Å². The molecule has 2 N–H and O–H groups in total. The zero-order valence-electron chi connectivity index (χ0n) is 14.5. The van der Waals surface area contributed by atoms with Crippen LogP contribution in [-0.4, -0.2) is 23.6 Å². The Kier molecular flexibility index (Phi) is 6.17. The molecular weight excluding hydrogens is 318 g/mol. The smallest absolute Gasteiger partial charge is 0.303 e. The van der Waals surface area contributed by atoms with E-state index in [1.54, 1.807) is 24.3 Å². The van der Waals surface area contributed by atoms with E-state index in [0.29, 0.717) is 24.5 Å². The lowest BCUT2D eigenvalue weighted by Gasteiger charge is -2.24. The van der Waals surface area contributed by atoms with E-state index in [4.69, 9.17) is 9.84 Å². The van der Waals surface area contributed by atoms with Gasteiger partial charge in [-0.25, -0.2) is 0 Å². The number of amides is 1. The first-order valence-electron chi connectivity index (χ1n) is 8.21. The first kappa shape index (κ1) is 18.5. The summed E-state index contributed by atoms with van der Waals surface area (Å²) in [6.07, 6.45) is 0.543. The summed E-state index contributed by atoms with van der Waals surface area (Å²) in [4.78, 5) is 23.0. The highest BCUT2D eigenvalue weighted by Gasteiger charge is 2.29. The van der Waals surface area contributed by atoms with Crippen LogP contribution in [0.5, 0.6) is 5.75 Å². The lowest BCUT2D eigenvalue weighted by atomic mass is 9.83. The van der Waals surface area contributed by atoms with E-state index >= 15 is 0 Å². The number of carboxylic acid groups (broad SMARTS) is 1. The first-order chi connectivity index (χ1) is 11.9. The molecule has 0 radical (unpaired) electrons. The van der Waals surface area contributed by atoms with Crippen LogP contribution in [-0.2, 0) is 15.0 Å². The van der Waals surface area contributed by atoms with Crippen LogP contribution >= 0.6 is 0 Å². The van der Waals surface area contributed by atoms with Crippen LogP contribution < -0.4 is 10.1 Å². The number of benzene rings is 2. The molecule has 0 bridgehead atoms. The van der Waals surface area contributed by atoms with Gasteiger partial charge in [0.15, 0.2) is 0 Å². The van der Waals surface area contributed by atoms with Crippen LogP contribution in [0.25, 0.3) is 0 Å². The van der Waals surface area contributed by atoms with Crippen LogP contribution in [0.3, 0.4) is 0 Å². The molecule has 0 spiro atoms. The molecule has 2 aromatic carbocycles. The van der Waals surface area contributed by atoms with E-state index in [2.05, 4.69) is 5.32 Å². The van der Waals surface area contributed by atoms with E-state index in [9.17, 15) is 9.59 Å². The van der Waals surface area contributed by atoms with E-state index in [0.717, 1.165) is 5.56 Å². The zero-order valence-corrected chi connectivity index (χ0v) is 14.5. The first-order valence-corrected chi connectivity index (χ1v) is 8.21. The molecule has 5 nitrogen and oxygen atoms in total. The van der Waals surface area contributed by atoms with Crippen LogP contribution in [0, 0.1) is 0 Å². The summed E-state index contributed by atoms with van der Waals surface area (Å²) in [5.41, 5.74) is 0.991. The number of rotatable bonds is 8. The lowest BCUT2D eigenvalue weighted by molar-refractivity contribution is -0.137. The molecule has 0 saturated heterocycles. The Morgan fingerprint density at radius 2 is 1.68 bits per heavy atom. The standard InChI is InChI=1S/C20H23NO4/c1-20(2,15-7-4-3-5-8-15)19(24)21-16-10-12-17(13-11-16)25-14-6-9-18(22)23/h3-5,7-8,10-13H,6,9,14H2,1-2H3,(H,21,24)(H,22,23). The highest BCUT2D eigenvalue weighted by atomic mass is 16.5. The number of aliphatic carboxylic acids is 1. The predicted octanol–water partition coefficient (Wildman–Crippen LogP) is 3.85. The summed E-state index contributed by atoms with van der Waals surface area (Å²) >= 11 is 0. The molecule has 132 valence electrons. The third kappa shape index (κ3) is 5.35. The molecule has 2 rings (SSSR count). The Morgan fingerprint density at radius 1 is 1.04 bits per heavy atom. The van der Waals surface area contributed by atoms with Crippen molar-refractivity contribution in [1.29, 1.82) is 0 Å². The average molecular weight is 341 g/mol. The van der Waals surface area contributed by atoms with Crippen molar-refractivity contribution in [2.24, 2.45) is 0 Å². The van der Waals surface area contributed by atoms with Gasteiger partial charge in [-0.05, 0) is 50.1 Å². The Morgan fingerprint density at radius 3 is 2.28 bits per heavy atom. The van der Waals surface area contributed by atoms with Gasteiger partial charge in [-0.3, -0.25) is 9.59 Å². The monoisotopic (exact) mass is 341 g/mol. The second-order valence-electron chi connectivity index (χ2n) is 6.32. The molecule has 0 heterocycles. The third-order valence-corrected chi connectivity index (χ3v) is 3.98. The van der Waals surface area contributed by atoms with Gasteiger partial charge in [0.2, 0.25) is 5.91 Å². The van der Waals surface area contributed by atoms with Crippen LogP contribution in [0.4, 0.5) is 5.69 Å². The average Bonchev–Trinajstić information content (AvgIpc) is 2.60. The maximum Gasteiger partial charge on any atom is 0.303 e. The number of ether oxygens (including phenoxy) is 1. The van der Waals surface area contributed by atoms with Crippen molar-refractivity contribution >= 4 is 17.6 Å². The Labute approximate surface area is 147 Å². The molecular formula is C20H23NO4. The molecule has 0 aliphatic rings.